The van der Waals surface area contributed by atoms with Crippen LogP contribution in [0.5, 0.6) is 0 Å². The lowest BCUT2D eigenvalue weighted by molar-refractivity contribution is -0.123. The number of aromatic nitrogens is 4. The van der Waals surface area contributed by atoms with Crippen LogP contribution >= 0.6 is 0 Å². The third kappa shape index (κ3) is 3.68. The number of hydrogen-bond acceptors (Lipinski definition) is 6. The van der Waals surface area contributed by atoms with Crippen molar-refractivity contribution in [3.8, 4) is 11.3 Å². The molecule has 3 aromatic rings. The van der Waals surface area contributed by atoms with Crippen LogP contribution in [-0.4, -0.2) is 55.7 Å². The number of rotatable bonds is 5. The van der Waals surface area contributed by atoms with E-state index in [1.807, 2.05) is 18.2 Å². The van der Waals surface area contributed by atoms with Gasteiger partial charge in [0, 0.05) is 42.2 Å². The van der Waals surface area contributed by atoms with Crippen LogP contribution in [-0.2, 0) is 24.9 Å². The van der Waals surface area contributed by atoms with Gasteiger partial charge in [0.1, 0.15) is 5.78 Å². The van der Waals surface area contributed by atoms with E-state index in [0.29, 0.717) is 6.42 Å². The third-order valence-corrected chi connectivity index (χ3v) is 5.65. The molecule has 1 aliphatic rings. The molecular formula is C21H25N5O2. The van der Waals surface area contributed by atoms with E-state index in [-0.39, 0.29) is 18.3 Å². The van der Waals surface area contributed by atoms with Crippen molar-refractivity contribution < 1.29 is 9.90 Å². The van der Waals surface area contributed by atoms with Gasteiger partial charge in [-0.3, -0.25) is 14.5 Å². The number of carbonyl (C=O) groups excluding carboxylic acids is 1. The monoisotopic (exact) mass is 379 g/mol. The Morgan fingerprint density at radius 1 is 1.21 bits per heavy atom. The summed E-state index contributed by atoms with van der Waals surface area (Å²) >= 11 is 0. The number of pyridine rings is 2. The Balaban J connectivity index is 1.58. The van der Waals surface area contributed by atoms with Crippen molar-refractivity contribution in [2.45, 2.75) is 25.9 Å². The van der Waals surface area contributed by atoms with Gasteiger partial charge in [0.2, 0.25) is 0 Å². The molecule has 0 aromatic carbocycles. The van der Waals surface area contributed by atoms with Crippen LogP contribution in [0, 0.1) is 5.92 Å². The average molecular weight is 379 g/mol. The summed E-state index contributed by atoms with van der Waals surface area (Å²) < 4.78 is 1.65. The van der Waals surface area contributed by atoms with Crippen molar-refractivity contribution in [2.75, 3.05) is 20.1 Å². The Morgan fingerprint density at radius 2 is 2.00 bits per heavy atom. The van der Waals surface area contributed by atoms with Gasteiger partial charge in [-0.25, -0.2) is 4.98 Å². The fraction of sp³-hybridized carbons (Fsp3) is 0.429. The Hall–Kier alpha value is -2.64. The summed E-state index contributed by atoms with van der Waals surface area (Å²) in [7, 11) is 3.89. The zero-order valence-corrected chi connectivity index (χ0v) is 16.3. The predicted octanol–water partition coefficient (Wildman–Crippen LogP) is 1.98. The average Bonchev–Trinajstić information content (AvgIpc) is 3.08. The third-order valence-electron chi connectivity index (χ3n) is 5.65. The second kappa shape index (κ2) is 7.77. The maximum atomic E-state index is 12.7. The number of ketones is 1. The summed E-state index contributed by atoms with van der Waals surface area (Å²) in [4.78, 5) is 24.1. The first-order valence-corrected chi connectivity index (χ1v) is 9.64. The molecule has 28 heavy (non-hydrogen) atoms. The molecule has 3 aromatic heterocycles. The molecule has 7 heteroatoms. The largest absolute Gasteiger partial charge is 0.390 e. The standard InChI is InChI=1S/C21H25N5O2/c1-25-7-5-14(6-8-25)21(28)10-16-9-19-15(11-22-16)3-4-18(24-19)17-12-23-26(2)20(17)13-27/h3-4,9,11-12,14,27H,5-8,10,13H2,1-2H3. The number of aliphatic hydroxyl groups is 1. The summed E-state index contributed by atoms with van der Waals surface area (Å²) in [5.74, 6) is 0.404. The second-order valence-corrected chi connectivity index (χ2v) is 7.57. The van der Waals surface area contributed by atoms with E-state index < -0.39 is 0 Å². The van der Waals surface area contributed by atoms with E-state index in [0.717, 1.165) is 59.5 Å². The fourth-order valence-electron chi connectivity index (χ4n) is 3.82. The van der Waals surface area contributed by atoms with Gasteiger partial charge in [0.15, 0.2) is 0 Å². The van der Waals surface area contributed by atoms with Gasteiger partial charge in [-0.05, 0) is 51.2 Å². The predicted molar refractivity (Wildman–Crippen MR) is 107 cm³/mol. The molecule has 1 aliphatic heterocycles. The molecule has 4 heterocycles. The van der Waals surface area contributed by atoms with Crippen LogP contribution in [0.2, 0.25) is 0 Å². The maximum absolute atomic E-state index is 12.7. The molecule has 0 unspecified atom stereocenters. The topological polar surface area (TPSA) is 84.1 Å². The molecule has 0 aliphatic carbocycles. The van der Waals surface area contributed by atoms with Gasteiger partial charge in [0.05, 0.1) is 29.7 Å². The molecule has 1 N–H and O–H groups in total. The quantitative estimate of drug-likeness (QED) is 0.730. The number of fused-ring (bicyclic) bond motifs is 1. The van der Waals surface area contributed by atoms with Crippen LogP contribution in [0.1, 0.15) is 24.2 Å². The number of carbonyl (C=O) groups is 1. The molecule has 0 radical (unpaired) electrons. The highest BCUT2D eigenvalue weighted by Gasteiger charge is 2.23. The molecule has 4 rings (SSSR count). The maximum Gasteiger partial charge on any atom is 0.142 e. The first-order valence-electron chi connectivity index (χ1n) is 9.64. The highest BCUT2D eigenvalue weighted by Crippen LogP contribution is 2.25. The van der Waals surface area contributed by atoms with Gasteiger partial charge in [0.25, 0.3) is 0 Å². The Kier molecular flexibility index (Phi) is 5.19. The SMILES string of the molecule is CN1CCC(C(=O)Cc2cc3nc(-c4cnn(C)c4CO)ccc3cn2)CC1. The second-order valence-electron chi connectivity index (χ2n) is 7.57. The summed E-state index contributed by atoms with van der Waals surface area (Å²) in [6.45, 7) is 1.85. The molecule has 146 valence electrons. The number of Topliss-reactive ketones (excluding diaryl/α,β-unsaturated/α-hetero) is 1. The van der Waals surface area contributed by atoms with E-state index in [4.69, 9.17) is 4.98 Å². The van der Waals surface area contributed by atoms with E-state index in [1.165, 1.54) is 0 Å². The van der Waals surface area contributed by atoms with Crippen LogP contribution in [0.25, 0.3) is 22.2 Å². The van der Waals surface area contributed by atoms with E-state index >= 15 is 0 Å². The van der Waals surface area contributed by atoms with Crippen LogP contribution in [0.15, 0.2) is 30.6 Å². The Labute approximate surface area is 164 Å². The van der Waals surface area contributed by atoms with Crippen molar-refractivity contribution in [1.82, 2.24) is 24.6 Å². The summed E-state index contributed by atoms with van der Waals surface area (Å²) in [5, 5.41) is 14.7. The van der Waals surface area contributed by atoms with Crippen molar-refractivity contribution in [3.63, 3.8) is 0 Å². The van der Waals surface area contributed by atoms with E-state index in [2.05, 4.69) is 22.0 Å². The van der Waals surface area contributed by atoms with Crippen molar-refractivity contribution in [3.05, 3.63) is 42.0 Å². The lowest BCUT2D eigenvalue weighted by atomic mass is 9.90. The summed E-state index contributed by atoms with van der Waals surface area (Å²) in [6, 6.07) is 5.77. The van der Waals surface area contributed by atoms with Crippen LogP contribution in [0.3, 0.4) is 0 Å². The van der Waals surface area contributed by atoms with Crippen molar-refractivity contribution >= 4 is 16.7 Å². The van der Waals surface area contributed by atoms with Crippen LogP contribution < -0.4 is 0 Å². The smallest absolute Gasteiger partial charge is 0.142 e. The van der Waals surface area contributed by atoms with Gasteiger partial charge < -0.3 is 10.0 Å². The first-order chi connectivity index (χ1) is 13.5. The molecule has 0 saturated carbocycles. The zero-order chi connectivity index (χ0) is 19.7. The minimum absolute atomic E-state index is 0.0990. The summed E-state index contributed by atoms with van der Waals surface area (Å²) in [5.41, 5.74) is 3.84. The lowest BCUT2D eigenvalue weighted by Gasteiger charge is -2.27. The zero-order valence-electron chi connectivity index (χ0n) is 16.3. The van der Waals surface area contributed by atoms with Gasteiger partial charge in [-0.2, -0.15) is 5.10 Å². The molecule has 1 saturated heterocycles. The molecular weight excluding hydrogens is 354 g/mol. The van der Waals surface area contributed by atoms with Crippen molar-refractivity contribution in [1.29, 1.82) is 0 Å². The highest BCUT2D eigenvalue weighted by atomic mass is 16.3. The first kappa shape index (κ1) is 18.7. The molecule has 0 bridgehead atoms. The molecule has 0 amide bonds. The number of aliphatic hydroxyl groups excluding tert-OH is 1. The molecule has 7 nitrogen and oxygen atoms in total. The van der Waals surface area contributed by atoms with Crippen molar-refractivity contribution in [2.24, 2.45) is 13.0 Å². The van der Waals surface area contributed by atoms with E-state index in [9.17, 15) is 9.90 Å². The van der Waals surface area contributed by atoms with Gasteiger partial charge >= 0.3 is 0 Å². The minimum Gasteiger partial charge on any atom is -0.390 e. The lowest BCUT2D eigenvalue weighted by Crippen LogP contribution is -2.34. The van der Waals surface area contributed by atoms with Crippen LogP contribution in [0.4, 0.5) is 0 Å². The number of likely N-dealkylation sites (tertiary alicyclic amines) is 1. The number of aryl methyl sites for hydroxylation is 1. The Morgan fingerprint density at radius 3 is 2.75 bits per heavy atom. The minimum atomic E-state index is -0.0990. The molecule has 0 atom stereocenters. The number of nitrogens with zero attached hydrogens (tertiary/aromatic N) is 5. The van der Waals surface area contributed by atoms with E-state index in [1.54, 1.807) is 24.1 Å². The number of piperidine rings is 1. The summed E-state index contributed by atoms with van der Waals surface area (Å²) in [6.07, 6.45) is 5.70. The fourth-order valence-corrected chi connectivity index (χ4v) is 3.82. The molecule has 1 fully saturated rings. The number of hydrogen-bond donors (Lipinski definition) is 1. The highest BCUT2D eigenvalue weighted by molar-refractivity contribution is 5.85. The van der Waals surface area contributed by atoms with Gasteiger partial charge in [-0.1, -0.05) is 0 Å². The van der Waals surface area contributed by atoms with Gasteiger partial charge in [-0.15, -0.1) is 0 Å². The molecule has 0 spiro atoms. The normalized spacial score (nSPS) is 16.0. The Bertz CT molecular complexity index is 1010.